The summed E-state index contributed by atoms with van der Waals surface area (Å²) in [6, 6.07) is 0. The molecule has 0 fully saturated rings. The minimum absolute atomic E-state index is 0.0243. The Bertz CT molecular complexity index is 234. The Morgan fingerprint density at radius 1 is 1.69 bits per heavy atom. The van der Waals surface area contributed by atoms with Gasteiger partial charge in [-0.2, -0.15) is 0 Å². The first kappa shape index (κ1) is 10.6. The van der Waals surface area contributed by atoms with Crippen LogP contribution < -0.4 is 5.90 Å². The van der Waals surface area contributed by atoms with Gasteiger partial charge < -0.3 is 10.2 Å². The monoisotopic (exact) mass is 214 g/mol. The van der Waals surface area contributed by atoms with Gasteiger partial charge >= 0.3 is 13.6 Å². The second-order valence-electron chi connectivity index (χ2n) is 2.15. The van der Waals surface area contributed by atoms with Crippen LogP contribution in [0.25, 0.3) is 0 Å². The molecular formula is C5H12NO6P. The van der Waals surface area contributed by atoms with E-state index in [1.807, 2.05) is 0 Å². The van der Waals surface area contributed by atoms with Crippen molar-refractivity contribution in [3.63, 3.8) is 0 Å². The lowest BCUT2D eigenvalue weighted by Gasteiger charge is -2.12. The number of carbonyl (C=O) groups is 1. The molecule has 13 heavy (non-hydrogen) atoms. The first-order valence-corrected chi connectivity index (χ1v) is 5.10. The average Bonchev–Trinajstić information content (AvgIpc) is 2.02. The van der Waals surface area contributed by atoms with Crippen LogP contribution in [0.1, 0.15) is 14.2 Å². The minimum Gasteiger partial charge on any atom is -0.481 e. The second-order valence-corrected chi connectivity index (χ2v) is 4.24. The van der Waals surface area contributed by atoms with Gasteiger partial charge in [0.2, 0.25) is 0 Å². The molecule has 8 heteroatoms. The van der Waals surface area contributed by atoms with Crippen LogP contribution in [-0.2, 0) is 18.5 Å². The minimum atomic E-state index is -3.74. The zero-order chi connectivity index (χ0) is 11.2. The summed E-state index contributed by atoms with van der Waals surface area (Å²) in [6.07, 6.45) is -0.451. The Balaban J connectivity index is 4.00. The third-order valence-electron chi connectivity index (χ3n) is 1.19. The van der Waals surface area contributed by atoms with Gasteiger partial charge in [-0.05, 0) is 6.42 Å². The van der Waals surface area contributed by atoms with E-state index in [4.69, 9.17) is 11.6 Å². The van der Waals surface area contributed by atoms with Gasteiger partial charge in [0.1, 0.15) is 0 Å². The number of nitrogens with two attached hydrogens (primary N) is 1. The second kappa shape index (κ2) is 6.06. The fourth-order valence-electron chi connectivity index (χ4n) is 0.626. The average molecular weight is 214 g/mol. The van der Waals surface area contributed by atoms with Gasteiger partial charge in [0.25, 0.3) is 0 Å². The molecule has 0 bridgehead atoms. The summed E-state index contributed by atoms with van der Waals surface area (Å²) >= 11 is 0. The molecule has 0 aromatic carbocycles. The van der Waals surface area contributed by atoms with E-state index >= 15 is 0 Å². The van der Waals surface area contributed by atoms with Crippen molar-refractivity contribution >= 4 is 13.6 Å². The molecule has 0 saturated heterocycles. The van der Waals surface area contributed by atoms with E-state index in [0.29, 0.717) is 0 Å². The van der Waals surface area contributed by atoms with Crippen molar-refractivity contribution in [2.24, 2.45) is 5.90 Å². The first-order chi connectivity index (χ1) is 6.39. The molecule has 2 unspecified atom stereocenters. The maximum absolute atomic E-state index is 11.3. The fourth-order valence-corrected chi connectivity index (χ4v) is 1.58. The Morgan fingerprint density at radius 2 is 2.31 bits per heavy atom. The number of hydrogen-bond donors (Lipinski definition) is 3. The highest BCUT2D eigenvalue weighted by Crippen LogP contribution is 2.46. The van der Waals surface area contributed by atoms with Crippen LogP contribution in [0.4, 0.5) is 0 Å². The third kappa shape index (κ3) is 5.73. The van der Waals surface area contributed by atoms with Crippen LogP contribution in [0.3, 0.4) is 0 Å². The molecule has 0 radical (unpaired) electrons. The number of aliphatic hydroxyl groups is 1. The van der Waals surface area contributed by atoms with Crippen molar-refractivity contribution in [3.8, 4) is 0 Å². The van der Waals surface area contributed by atoms with Gasteiger partial charge in [-0.25, -0.2) is 10.5 Å². The van der Waals surface area contributed by atoms with E-state index < -0.39 is 20.3 Å². The number of carboxylic acids is 1. The molecule has 0 spiro atoms. The highest BCUT2D eigenvalue weighted by atomic mass is 31.2. The highest BCUT2D eigenvalue weighted by Gasteiger charge is 2.23. The van der Waals surface area contributed by atoms with Crippen LogP contribution in [0.2, 0.25) is 0 Å². The number of hydrogen-bond acceptors (Lipinski definition) is 6. The molecule has 0 saturated carbocycles. The van der Waals surface area contributed by atoms with Crippen molar-refractivity contribution in [3.05, 3.63) is 0 Å². The summed E-state index contributed by atoms with van der Waals surface area (Å²) in [6.45, 7) is -2.02. The van der Waals surface area contributed by atoms with Gasteiger partial charge in [-0.15, -0.1) is 0 Å². The number of aliphatic carboxylic acids is 1. The molecule has 0 aliphatic heterocycles. The molecule has 0 aromatic heterocycles. The molecule has 7 nitrogen and oxygen atoms in total. The van der Waals surface area contributed by atoms with Crippen LogP contribution in [0.15, 0.2) is 0 Å². The normalized spacial score (nSPS) is 18.8. The third-order valence-corrected chi connectivity index (χ3v) is 2.79. The number of aliphatic hydroxyl groups excluding tert-OH is 1. The SMILES string of the molecule is [2H]C(O)OP(=O)(CCCC(=O)O)ON. The molecule has 2 atom stereocenters. The Hall–Kier alpha value is -0.460. The predicted molar refractivity (Wildman–Crippen MR) is 42.8 cm³/mol. The van der Waals surface area contributed by atoms with Gasteiger partial charge in [0, 0.05) is 6.42 Å². The van der Waals surface area contributed by atoms with Crippen molar-refractivity contribution in [1.29, 1.82) is 0 Å². The lowest BCUT2D eigenvalue weighted by Crippen LogP contribution is -2.06. The fraction of sp³-hybridized carbons (Fsp3) is 0.800. The van der Waals surface area contributed by atoms with Crippen molar-refractivity contribution in [2.45, 2.75) is 12.8 Å². The Kier molecular flexibility index (Phi) is 4.95. The van der Waals surface area contributed by atoms with Gasteiger partial charge in [-0.1, -0.05) is 0 Å². The quantitative estimate of drug-likeness (QED) is 0.307. The van der Waals surface area contributed by atoms with E-state index in [0.717, 1.165) is 0 Å². The van der Waals surface area contributed by atoms with E-state index in [1.165, 1.54) is 0 Å². The molecule has 0 aliphatic rings. The molecule has 0 aliphatic carbocycles. The van der Waals surface area contributed by atoms with Gasteiger partial charge in [-0.3, -0.25) is 13.9 Å². The lowest BCUT2D eigenvalue weighted by atomic mass is 10.3. The van der Waals surface area contributed by atoms with E-state index in [9.17, 15) is 9.36 Å². The smallest absolute Gasteiger partial charge is 0.348 e. The van der Waals surface area contributed by atoms with Crippen molar-refractivity contribution < 1.29 is 30.1 Å². The summed E-state index contributed by atoms with van der Waals surface area (Å²) in [5, 5.41) is 16.7. The maximum Gasteiger partial charge on any atom is 0.348 e. The molecule has 0 aromatic rings. The maximum atomic E-state index is 11.3. The number of rotatable bonds is 7. The van der Waals surface area contributed by atoms with E-state index in [-0.39, 0.29) is 19.0 Å². The summed E-state index contributed by atoms with van der Waals surface area (Å²) in [5.41, 5.74) is 0. The molecule has 0 rings (SSSR count). The van der Waals surface area contributed by atoms with Crippen LogP contribution >= 0.6 is 7.60 Å². The Morgan fingerprint density at radius 3 is 2.69 bits per heavy atom. The van der Waals surface area contributed by atoms with Gasteiger partial charge in [0.05, 0.1) is 7.53 Å². The van der Waals surface area contributed by atoms with Gasteiger partial charge in [0.15, 0.2) is 6.77 Å². The van der Waals surface area contributed by atoms with Crippen LogP contribution in [0, 0.1) is 0 Å². The standard InChI is InChI=1S/C5H12NO6P/c6-12-13(10,11-4-7)3-1-2-5(8)9/h7H,1-4,6H2,(H,8,9)/i4D. The molecule has 4 N–H and O–H groups in total. The summed E-state index contributed by atoms with van der Waals surface area (Å²) < 4.78 is 26.1. The molecule has 78 valence electrons. The van der Waals surface area contributed by atoms with E-state index in [2.05, 4.69) is 15.0 Å². The summed E-state index contributed by atoms with van der Waals surface area (Å²) in [4.78, 5) is 10.1. The zero-order valence-electron chi connectivity index (χ0n) is 7.75. The van der Waals surface area contributed by atoms with Crippen LogP contribution in [0.5, 0.6) is 0 Å². The van der Waals surface area contributed by atoms with Crippen molar-refractivity contribution in [2.75, 3.05) is 12.9 Å². The highest BCUT2D eigenvalue weighted by molar-refractivity contribution is 7.53. The summed E-state index contributed by atoms with van der Waals surface area (Å²) in [7, 11) is -3.74. The molecule has 0 amide bonds. The first-order valence-electron chi connectivity index (χ1n) is 3.95. The topological polar surface area (TPSA) is 119 Å². The Labute approximate surface area is 76.3 Å². The largest absolute Gasteiger partial charge is 0.481 e. The molecular weight excluding hydrogens is 201 g/mol. The van der Waals surface area contributed by atoms with Crippen molar-refractivity contribution in [1.82, 2.24) is 0 Å². The lowest BCUT2D eigenvalue weighted by molar-refractivity contribution is -0.137. The van der Waals surface area contributed by atoms with Crippen LogP contribution in [-0.4, -0.2) is 29.1 Å². The van der Waals surface area contributed by atoms with E-state index in [1.54, 1.807) is 0 Å². The molecule has 0 heterocycles. The predicted octanol–water partition coefficient (Wildman–Crippen LogP) is -0.0990. The summed E-state index contributed by atoms with van der Waals surface area (Å²) in [5.74, 6) is 3.59. The number of carboxylic acid groups (broad SMARTS) is 1. The zero-order valence-corrected chi connectivity index (χ0v) is 7.65.